The standard InChI is InChI=1S/C25H20N2O3/c28-23(14-17-13-12-16-6-1-2-9-20(16)17)26-18-7-5-8-19(15-18)27-24(29)21-10-3-4-11-22(21)25(27)30/h1-11,15,17H,12-14H2,(H,26,28). The summed E-state index contributed by atoms with van der Waals surface area (Å²) >= 11 is 0. The lowest BCUT2D eigenvalue weighted by atomic mass is 9.97. The fraction of sp³-hybridized carbons (Fsp3) is 0.160. The van der Waals surface area contributed by atoms with E-state index in [0.717, 1.165) is 17.7 Å². The van der Waals surface area contributed by atoms with Gasteiger partial charge in [0.05, 0.1) is 16.8 Å². The summed E-state index contributed by atoms with van der Waals surface area (Å²) in [6.07, 6.45) is 2.39. The topological polar surface area (TPSA) is 66.5 Å². The van der Waals surface area contributed by atoms with Crippen LogP contribution in [0.5, 0.6) is 0 Å². The summed E-state index contributed by atoms with van der Waals surface area (Å²) in [5.74, 6) is -0.542. The molecule has 5 nitrogen and oxygen atoms in total. The third kappa shape index (κ3) is 3.08. The second-order valence-corrected chi connectivity index (χ2v) is 7.73. The molecule has 0 bridgehead atoms. The molecule has 1 aliphatic carbocycles. The molecule has 2 aliphatic rings. The summed E-state index contributed by atoms with van der Waals surface area (Å²) < 4.78 is 0. The van der Waals surface area contributed by atoms with Crippen LogP contribution in [0.1, 0.15) is 50.6 Å². The summed E-state index contributed by atoms with van der Waals surface area (Å²) in [6.45, 7) is 0. The van der Waals surface area contributed by atoms with Gasteiger partial charge in [0.1, 0.15) is 0 Å². The van der Waals surface area contributed by atoms with Crippen LogP contribution in [0.4, 0.5) is 11.4 Å². The number of nitrogens with zero attached hydrogens (tertiary/aromatic N) is 1. The molecule has 3 aromatic rings. The second-order valence-electron chi connectivity index (χ2n) is 7.73. The third-order valence-electron chi connectivity index (χ3n) is 5.87. The van der Waals surface area contributed by atoms with Crippen molar-refractivity contribution in [3.8, 4) is 0 Å². The van der Waals surface area contributed by atoms with Crippen LogP contribution < -0.4 is 10.2 Å². The zero-order valence-electron chi connectivity index (χ0n) is 16.3. The van der Waals surface area contributed by atoms with Gasteiger partial charge in [-0.25, -0.2) is 4.90 Å². The van der Waals surface area contributed by atoms with Crippen LogP contribution in [0.15, 0.2) is 72.8 Å². The van der Waals surface area contributed by atoms with Gasteiger partial charge in [0.15, 0.2) is 0 Å². The highest BCUT2D eigenvalue weighted by atomic mass is 16.2. The molecule has 30 heavy (non-hydrogen) atoms. The van der Waals surface area contributed by atoms with Crippen molar-refractivity contribution in [1.29, 1.82) is 0 Å². The fourth-order valence-corrected chi connectivity index (χ4v) is 4.44. The number of imide groups is 1. The Morgan fingerprint density at radius 2 is 1.60 bits per heavy atom. The number of aryl methyl sites for hydroxylation is 1. The van der Waals surface area contributed by atoms with Crippen LogP contribution >= 0.6 is 0 Å². The molecule has 1 N–H and O–H groups in total. The van der Waals surface area contributed by atoms with Gasteiger partial charge < -0.3 is 5.32 Å². The van der Waals surface area contributed by atoms with Crippen molar-refractivity contribution in [2.24, 2.45) is 0 Å². The SMILES string of the molecule is O=C(CC1CCc2ccccc21)Nc1cccc(N2C(=O)c3ccccc3C2=O)c1. The Labute approximate surface area is 174 Å². The average molecular weight is 396 g/mol. The molecule has 3 aromatic carbocycles. The van der Waals surface area contributed by atoms with Crippen molar-refractivity contribution in [1.82, 2.24) is 0 Å². The number of hydrogen-bond donors (Lipinski definition) is 1. The molecular weight excluding hydrogens is 376 g/mol. The average Bonchev–Trinajstić information content (AvgIpc) is 3.27. The lowest BCUT2D eigenvalue weighted by molar-refractivity contribution is -0.116. The molecule has 1 heterocycles. The summed E-state index contributed by atoms with van der Waals surface area (Å²) in [5, 5.41) is 2.93. The highest BCUT2D eigenvalue weighted by molar-refractivity contribution is 6.34. The van der Waals surface area contributed by atoms with Gasteiger partial charge in [-0.05, 0) is 60.2 Å². The van der Waals surface area contributed by atoms with Gasteiger partial charge in [0.2, 0.25) is 5.91 Å². The minimum absolute atomic E-state index is 0.0729. The monoisotopic (exact) mass is 396 g/mol. The molecule has 0 radical (unpaired) electrons. The first kappa shape index (κ1) is 18.3. The van der Waals surface area contributed by atoms with Gasteiger partial charge in [-0.15, -0.1) is 0 Å². The van der Waals surface area contributed by atoms with E-state index in [9.17, 15) is 14.4 Å². The Hall–Kier alpha value is -3.73. The molecule has 0 saturated heterocycles. The van der Waals surface area contributed by atoms with Crippen molar-refractivity contribution in [2.75, 3.05) is 10.2 Å². The molecule has 0 spiro atoms. The number of carbonyl (C=O) groups excluding carboxylic acids is 3. The molecule has 1 aliphatic heterocycles. The minimum atomic E-state index is -0.346. The normalized spacial score (nSPS) is 17.1. The van der Waals surface area contributed by atoms with Gasteiger partial charge in [-0.1, -0.05) is 42.5 Å². The number of fused-ring (bicyclic) bond motifs is 2. The Balaban J connectivity index is 1.32. The van der Waals surface area contributed by atoms with E-state index in [1.165, 1.54) is 11.1 Å². The van der Waals surface area contributed by atoms with Crippen LogP contribution in [-0.4, -0.2) is 17.7 Å². The molecule has 0 aromatic heterocycles. The predicted molar refractivity (Wildman–Crippen MR) is 115 cm³/mol. The molecule has 148 valence electrons. The molecule has 0 fully saturated rings. The molecule has 0 saturated carbocycles. The molecule has 5 rings (SSSR count). The van der Waals surface area contributed by atoms with Crippen LogP contribution in [0.3, 0.4) is 0 Å². The minimum Gasteiger partial charge on any atom is -0.326 e. The first-order valence-electron chi connectivity index (χ1n) is 10.1. The van der Waals surface area contributed by atoms with Gasteiger partial charge in [-0.3, -0.25) is 14.4 Å². The van der Waals surface area contributed by atoms with E-state index in [0.29, 0.717) is 28.9 Å². The Bertz CT molecular complexity index is 1150. The van der Waals surface area contributed by atoms with E-state index < -0.39 is 0 Å². The second kappa shape index (κ2) is 7.26. The Morgan fingerprint density at radius 3 is 2.37 bits per heavy atom. The first-order chi connectivity index (χ1) is 14.6. The summed E-state index contributed by atoms with van der Waals surface area (Å²) in [7, 11) is 0. The van der Waals surface area contributed by atoms with E-state index in [2.05, 4.69) is 17.4 Å². The van der Waals surface area contributed by atoms with Gasteiger partial charge in [-0.2, -0.15) is 0 Å². The zero-order valence-corrected chi connectivity index (χ0v) is 16.3. The quantitative estimate of drug-likeness (QED) is 0.658. The van der Waals surface area contributed by atoms with Crippen LogP contribution in [0.25, 0.3) is 0 Å². The van der Waals surface area contributed by atoms with Gasteiger partial charge in [0, 0.05) is 12.1 Å². The van der Waals surface area contributed by atoms with E-state index in [-0.39, 0.29) is 23.6 Å². The maximum absolute atomic E-state index is 12.7. The predicted octanol–water partition coefficient (Wildman–Crippen LogP) is 4.55. The van der Waals surface area contributed by atoms with E-state index >= 15 is 0 Å². The van der Waals surface area contributed by atoms with Crippen LogP contribution in [0.2, 0.25) is 0 Å². The smallest absolute Gasteiger partial charge is 0.266 e. The molecule has 1 atom stereocenters. The first-order valence-corrected chi connectivity index (χ1v) is 10.1. The molecule has 3 amide bonds. The van der Waals surface area contributed by atoms with E-state index in [1.54, 1.807) is 48.5 Å². The lowest BCUT2D eigenvalue weighted by Gasteiger charge is -2.16. The van der Waals surface area contributed by atoms with Crippen molar-refractivity contribution in [2.45, 2.75) is 25.2 Å². The molecular formula is C25H20N2O3. The third-order valence-corrected chi connectivity index (χ3v) is 5.87. The number of benzene rings is 3. The van der Waals surface area contributed by atoms with Crippen molar-refractivity contribution in [3.05, 3.63) is 95.1 Å². The van der Waals surface area contributed by atoms with Crippen LogP contribution in [-0.2, 0) is 11.2 Å². The largest absolute Gasteiger partial charge is 0.326 e. The summed E-state index contributed by atoms with van der Waals surface area (Å²) in [4.78, 5) is 39.2. The molecule has 5 heteroatoms. The van der Waals surface area contributed by atoms with Gasteiger partial charge in [0.25, 0.3) is 11.8 Å². The summed E-state index contributed by atoms with van der Waals surface area (Å²) in [5.41, 5.74) is 4.40. The van der Waals surface area contributed by atoms with E-state index in [1.807, 2.05) is 12.1 Å². The highest BCUT2D eigenvalue weighted by Gasteiger charge is 2.36. The lowest BCUT2D eigenvalue weighted by Crippen LogP contribution is -2.29. The molecule has 1 unspecified atom stereocenters. The van der Waals surface area contributed by atoms with Crippen LogP contribution in [0, 0.1) is 0 Å². The van der Waals surface area contributed by atoms with Gasteiger partial charge >= 0.3 is 0 Å². The maximum atomic E-state index is 12.7. The number of anilines is 2. The van der Waals surface area contributed by atoms with Crippen molar-refractivity contribution >= 4 is 29.1 Å². The number of amides is 3. The number of hydrogen-bond acceptors (Lipinski definition) is 3. The maximum Gasteiger partial charge on any atom is 0.266 e. The van der Waals surface area contributed by atoms with Crippen molar-refractivity contribution in [3.63, 3.8) is 0 Å². The Kier molecular flexibility index (Phi) is 4.43. The zero-order chi connectivity index (χ0) is 20.7. The van der Waals surface area contributed by atoms with E-state index in [4.69, 9.17) is 0 Å². The number of carbonyl (C=O) groups is 3. The Morgan fingerprint density at radius 1 is 0.900 bits per heavy atom. The van der Waals surface area contributed by atoms with Crippen molar-refractivity contribution < 1.29 is 14.4 Å². The fourth-order valence-electron chi connectivity index (χ4n) is 4.44. The highest BCUT2D eigenvalue weighted by Crippen LogP contribution is 2.35. The number of nitrogens with one attached hydrogen (secondary N) is 1. The summed E-state index contributed by atoms with van der Waals surface area (Å²) in [6, 6.07) is 21.9. The number of rotatable bonds is 4.